The predicted molar refractivity (Wildman–Crippen MR) is 69.5 cm³/mol. The number of rotatable bonds is 4. The van der Waals surface area contributed by atoms with Gasteiger partial charge in [0.2, 0.25) is 0 Å². The molecule has 94 valence electrons. The van der Waals surface area contributed by atoms with Crippen molar-refractivity contribution in [3.8, 4) is 0 Å². The van der Waals surface area contributed by atoms with Crippen molar-refractivity contribution in [2.75, 3.05) is 7.05 Å². The van der Waals surface area contributed by atoms with E-state index in [1.807, 2.05) is 26.1 Å². The van der Waals surface area contributed by atoms with Gasteiger partial charge in [0.05, 0.1) is 0 Å². The summed E-state index contributed by atoms with van der Waals surface area (Å²) in [6.07, 6.45) is 6.66. The average Bonchev–Trinajstić information content (AvgIpc) is 2.82. The Bertz CT molecular complexity index is 369. The summed E-state index contributed by atoms with van der Waals surface area (Å²) < 4.78 is 13.3. The second kappa shape index (κ2) is 5.63. The normalized spacial score (nSPS) is 18.5. The minimum absolute atomic E-state index is 0.107. The fourth-order valence-corrected chi connectivity index (χ4v) is 2.88. The first-order valence-electron chi connectivity index (χ1n) is 6.64. The van der Waals surface area contributed by atoms with Crippen LogP contribution >= 0.6 is 0 Å². The average molecular weight is 235 g/mol. The zero-order chi connectivity index (χ0) is 12.3. The summed E-state index contributed by atoms with van der Waals surface area (Å²) in [5, 5.41) is 3.37. The standard InChI is InChI=1S/C15H22FN/c1-11-9-13(7-8-14(11)16)15(17-2)10-12-5-3-4-6-12/h7-9,12,15,17H,3-6,10H2,1-2H3. The van der Waals surface area contributed by atoms with E-state index in [-0.39, 0.29) is 5.82 Å². The summed E-state index contributed by atoms with van der Waals surface area (Å²) >= 11 is 0. The lowest BCUT2D eigenvalue weighted by atomic mass is 9.93. The van der Waals surface area contributed by atoms with E-state index in [9.17, 15) is 4.39 Å². The number of nitrogens with one attached hydrogen (secondary N) is 1. The maximum absolute atomic E-state index is 13.3. The van der Waals surface area contributed by atoms with Crippen LogP contribution in [0, 0.1) is 18.7 Å². The molecule has 1 nitrogen and oxygen atoms in total. The Balaban J connectivity index is 2.08. The van der Waals surface area contributed by atoms with Gasteiger partial charge < -0.3 is 5.32 Å². The minimum atomic E-state index is -0.107. The monoisotopic (exact) mass is 235 g/mol. The molecule has 0 saturated heterocycles. The highest BCUT2D eigenvalue weighted by atomic mass is 19.1. The van der Waals surface area contributed by atoms with Crippen LogP contribution in [0.3, 0.4) is 0 Å². The van der Waals surface area contributed by atoms with Crippen LogP contribution in [-0.4, -0.2) is 7.05 Å². The van der Waals surface area contributed by atoms with Gasteiger partial charge in [-0.3, -0.25) is 0 Å². The molecule has 0 aromatic heterocycles. The molecule has 0 bridgehead atoms. The molecule has 0 aliphatic heterocycles. The molecule has 1 unspecified atom stereocenters. The van der Waals surface area contributed by atoms with Crippen molar-refractivity contribution in [3.05, 3.63) is 35.1 Å². The van der Waals surface area contributed by atoms with Gasteiger partial charge in [-0.25, -0.2) is 4.39 Å². The van der Waals surface area contributed by atoms with Crippen LogP contribution in [0.1, 0.15) is 49.3 Å². The van der Waals surface area contributed by atoms with E-state index in [1.165, 1.54) is 37.7 Å². The van der Waals surface area contributed by atoms with Crippen molar-refractivity contribution in [1.82, 2.24) is 5.32 Å². The zero-order valence-corrected chi connectivity index (χ0v) is 10.8. The van der Waals surface area contributed by atoms with Gasteiger partial charge >= 0.3 is 0 Å². The number of aryl methyl sites for hydroxylation is 1. The molecule has 1 saturated carbocycles. The Morgan fingerprint density at radius 3 is 2.65 bits per heavy atom. The molecule has 17 heavy (non-hydrogen) atoms. The summed E-state index contributed by atoms with van der Waals surface area (Å²) in [5.41, 5.74) is 1.97. The third-order valence-electron chi connectivity index (χ3n) is 3.98. The molecule has 1 aromatic rings. The highest BCUT2D eigenvalue weighted by molar-refractivity contribution is 5.26. The summed E-state index contributed by atoms with van der Waals surface area (Å²) in [6, 6.07) is 5.85. The lowest BCUT2D eigenvalue weighted by Gasteiger charge is -2.21. The molecule has 0 heterocycles. The minimum Gasteiger partial charge on any atom is -0.313 e. The van der Waals surface area contributed by atoms with Crippen LogP contribution in [0.5, 0.6) is 0 Å². The van der Waals surface area contributed by atoms with Crippen molar-refractivity contribution in [2.45, 2.75) is 45.1 Å². The second-order valence-corrected chi connectivity index (χ2v) is 5.24. The molecular formula is C15H22FN. The maximum atomic E-state index is 13.3. The van der Waals surface area contributed by atoms with E-state index in [1.54, 1.807) is 6.07 Å². The lowest BCUT2D eigenvalue weighted by Crippen LogP contribution is -2.19. The topological polar surface area (TPSA) is 12.0 Å². The van der Waals surface area contributed by atoms with Crippen molar-refractivity contribution < 1.29 is 4.39 Å². The summed E-state index contributed by atoms with van der Waals surface area (Å²) in [7, 11) is 2.00. The number of halogens is 1. The lowest BCUT2D eigenvalue weighted by molar-refractivity contribution is 0.413. The van der Waals surface area contributed by atoms with E-state index in [4.69, 9.17) is 0 Å². The Hall–Kier alpha value is -0.890. The highest BCUT2D eigenvalue weighted by Gasteiger charge is 2.20. The highest BCUT2D eigenvalue weighted by Crippen LogP contribution is 2.33. The van der Waals surface area contributed by atoms with Crippen LogP contribution in [0.4, 0.5) is 4.39 Å². The molecule has 1 aliphatic carbocycles. The van der Waals surface area contributed by atoms with Gasteiger partial charge in [0.15, 0.2) is 0 Å². The van der Waals surface area contributed by atoms with E-state index in [0.717, 1.165) is 11.5 Å². The Morgan fingerprint density at radius 2 is 2.06 bits per heavy atom. The SMILES string of the molecule is CNC(CC1CCCC1)c1ccc(F)c(C)c1. The van der Waals surface area contributed by atoms with Crippen molar-refractivity contribution in [1.29, 1.82) is 0 Å². The Kier molecular flexibility index (Phi) is 4.16. The summed E-state index contributed by atoms with van der Waals surface area (Å²) in [4.78, 5) is 0. The third-order valence-corrected chi connectivity index (χ3v) is 3.98. The van der Waals surface area contributed by atoms with Crippen LogP contribution in [-0.2, 0) is 0 Å². The van der Waals surface area contributed by atoms with E-state index >= 15 is 0 Å². The molecule has 0 radical (unpaired) electrons. The zero-order valence-electron chi connectivity index (χ0n) is 10.8. The molecule has 1 aliphatic rings. The van der Waals surface area contributed by atoms with Gasteiger partial charge in [-0.1, -0.05) is 37.8 Å². The number of hydrogen-bond acceptors (Lipinski definition) is 1. The van der Waals surface area contributed by atoms with Crippen molar-refractivity contribution >= 4 is 0 Å². The molecular weight excluding hydrogens is 213 g/mol. The molecule has 1 atom stereocenters. The first-order valence-corrected chi connectivity index (χ1v) is 6.64. The van der Waals surface area contributed by atoms with Gasteiger partial charge in [0.1, 0.15) is 5.82 Å². The fourth-order valence-electron chi connectivity index (χ4n) is 2.88. The fraction of sp³-hybridized carbons (Fsp3) is 0.600. The second-order valence-electron chi connectivity index (χ2n) is 5.24. The molecule has 2 rings (SSSR count). The van der Waals surface area contributed by atoms with Gasteiger partial charge in [-0.2, -0.15) is 0 Å². The van der Waals surface area contributed by atoms with Gasteiger partial charge in [-0.05, 0) is 43.5 Å². The van der Waals surface area contributed by atoms with Crippen molar-refractivity contribution in [3.63, 3.8) is 0 Å². The van der Waals surface area contributed by atoms with Crippen LogP contribution in [0.15, 0.2) is 18.2 Å². The molecule has 0 spiro atoms. The maximum Gasteiger partial charge on any atom is 0.126 e. The molecule has 1 N–H and O–H groups in total. The number of benzene rings is 1. The summed E-state index contributed by atoms with van der Waals surface area (Å²) in [6.45, 7) is 1.83. The quantitative estimate of drug-likeness (QED) is 0.832. The van der Waals surface area contributed by atoms with Crippen LogP contribution in [0.2, 0.25) is 0 Å². The number of hydrogen-bond donors (Lipinski definition) is 1. The van der Waals surface area contributed by atoms with E-state index < -0.39 is 0 Å². The van der Waals surface area contributed by atoms with Gasteiger partial charge in [-0.15, -0.1) is 0 Å². The van der Waals surface area contributed by atoms with Crippen LogP contribution < -0.4 is 5.32 Å². The third kappa shape index (κ3) is 3.06. The molecule has 0 amide bonds. The Labute approximate surface area is 103 Å². The van der Waals surface area contributed by atoms with E-state index in [0.29, 0.717) is 6.04 Å². The summed E-state index contributed by atoms with van der Waals surface area (Å²) in [5.74, 6) is 0.738. The van der Waals surface area contributed by atoms with Crippen molar-refractivity contribution in [2.24, 2.45) is 5.92 Å². The Morgan fingerprint density at radius 1 is 1.35 bits per heavy atom. The first kappa shape index (κ1) is 12.6. The van der Waals surface area contributed by atoms with Gasteiger partial charge in [0, 0.05) is 6.04 Å². The smallest absolute Gasteiger partial charge is 0.126 e. The van der Waals surface area contributed by atoms with Gasteiger partial charge in [0.25, 0.3) is 0 Å². The predicted octanol–water partition coefficient (Wildman–Crippen LogP) is 3.97. The van der Waals surface area contributed by atoms with Crippen LogP contribution in [0.25, 0.3) is 0 Å². The molecule has 1 fully saturated rings. The molecule has 2 heteroatoms. The molecule has 1 aromatic carbocycles. The largest absolute Gasteiger partial charge is 0.313 e. The van der Waals surface area contributed by atoms with E-state index in [2.05, 4.69) is 5.32 Å². The first-order chi connectivity index (χ1) is 8.20.